The Morgan fingerprint density at radius 3 is 2.00 bits per heavy atom. The Labute approximate surface area is 143 Å². The molecule has 3 nitrogen and oxygen atoms in total. The Hall–Kier alpha value is -1.20. The number of benzene rings is 1. The van der Waals surface area contributed by atoms with Crippen LogP contribution >= 0.6 is 0 Å². The van der Waals surface area contributed by atoms with Crippen LogP contribution in [0.2, 0.25) is 0 Å². The Morgan fingerprint density at radius 2 is 1.50 bits per heavy atom. The van der Waals surface area contributed by atoms with Crippen molar-refractivity contribution in [2.75, 3.05) is 21.1 Å². The summed E-state index contributed by atoms with van der Waals surface area (Å²) in [5.41, 5.74) is 1.14. The third kappa shape index (κ3) is 4.06. The zero-order valence-electron chi connectivity index (χ0n) is 14.8. The number of hydrogen-bond acceptors (Lipinski definition) is 3. The molecule has 24 heavy (non-hydrogen) atoms. The largest absolute Gasteiger partial charge is 0.435 e. The molecule has 2 unspecified atom stereocenters. The van der Waals surface area contributed by atoms with Crippen LogP contribution < -0.4 is 4.74 Å². The van der Waals surface area contributed by atoms with Gasteiger partial charge in [-0.2, -0.15) is 8.78 Å². The lowest BCUT2D eigenvalue weighted by Crippen LogP contribution is -2.31. The first kappa shape index (κ1) is 17.6. The second-order valence-corrected chi connectivity index (χ2v) is 7.67. The zero-order valence-corrected chi connectivity index (χ0v) is 14.8. The van der Waals surface area contributed by atoms with E-state index >= 15 is 0 Å². The van der Waals surface area contributed by atoms with Gasteiger partial charge < -0.3 is 9.64 Å². The van der Waals surface area contributed by atoms with Crippen molar-refractivity contribution >= 4 is 0 Å². The van der Waals surface area contributed by atoms with Crippen LogP contribution in [0.3, 0.4) is 0 Å². The molecule has 5 heteroatoms. The fourth-order valence-electron chi connectivity index (χ4n) is 4.53. The van der Waals surface area contributed by atoms with Crippen molar-refractivity contribution in [1.82, 2.24) is 9.80 Å². The fourth-order valence-corrected chi connectivity index (χ4v) is 4.53. The van der Waals surface area contributed by atoms with E-state index in [0.717, 1.165) is 30.0 Å². The average Bonchev–Trinajstić information content (AvgIpc) is 3.07. The first-order valence-corrected chi connectivity index (χ1v) is 8.82. The van der Waals surface area contributed by atoms with Gasteiger partial charge >= 0.3 is 6.61 Å². The number of alkyl halides is 2. The molecule has 2 saturated carbocycles. The van der Waals surface area contributed by atoms with Crippen molar-refractivity contribution in [2.45, 2.75) is 50.9 Å². The Morgan fingerprint density at radius 1 is 0.958 bits per heavy atom. The molecule has 1 aromatic rings. The van der Waals surface area contributed by atoms with Crippen LogP contribution in [0, 0.1) is 11.8 Å². The average molecular weight is 338 g/mol. The van der Waals surface area contributed by atoms with Crippen LogP contribution in [-0.4, -0.2) is 49.6 Å². The summed E-state index contributed by atoms with van der Waals surface area (Å²) < 4.78 is 28.8. The van der Waals surface area contributed by atoms with Crippen LogP contribution in [-0.2, 0) is 6.54 Å². The van der Waals surface area contributed by atoms with Gasteiger partial charge in [-0.3, -0.25) is 4.90 Å². The second kappa shape index (κ2) is 7.36. The highest BCUT2D eigenvalue weighted by molar-refractivity contribution is 5.27. The van der Waals surface area contributed by atoms with Crippen LogP contribution in [0.25, 0.3) is 0 Å². The minimum Gasteiger partial charge on any atom is -0.435 e. The SMILES string of the molecule is CN(C)C1C[C@@H]2CC(N(C)Cc3ccc(OC(F)F)cc3)C[C@@H]2C1. The smallest absolute Gasteiger partial charge is 0.387 e. The van der Waals surface area contributed by atoms with Gasteiger partial charge in [0, 0.05) is 18.6 Å². The molecule has 134 valence electrons. The molecular formula is C19H28F2N2O. The van der Waals surface area contributed by atoms with Crippen molar-refractivity contribution in [3.8, 4) is 5.75 Å². The lowest BCUT2D eigenvalue weighted by molar-refractivity contribution is -0.0498. The maximum absolute atomic E-state index is 12.2. The van der Waals surface area contributed by atoms with Gasteiger partial charge in [0.05, 0.1) is 0 Å². The molecule has 0 saturated heterocycles. The van der Waals surface area contributed by atoms with E-state index in [1.165, 1.54) is 25.7 Å². The third-order valence-electron chi connectivity index (χ3n) is 5.90. The minimum absolute atomic E-state index is 0.224. The maximum atomic E-state index is 12.2. The van der Waals surface area contributed by atoms with Gasteiger partial charge in [-0.05, 0) is 76.4 Å². The quantitative estimate of drug-likeness (QED) is 0.784. The summed E-state index contributed by atoms with van der Waals surface area (Å²) in [6.07, 6.45) is 5.25. The van der Waals surface area contributed by atoms with Crippen molar-refractivity contribution in [3.63, 3.8) is 0 Å². The molecule has 3 rings (SSSR count). The van der Waals surface area contributed by atoms with Crippen LogP contribution in [0.5, 0.6) is 5.75 Å². The summed E-state index contributed by atoms with van der Waals surface area (Å²) >= 11 is 0. The van der Waals surface area contributed by atoms with Crippen molar-refractivity contribution in [2.24, 2.45) is 11.8 Å². The Balaban J connectivity index is 1.51. The van der Waals surface area contributed by atoms with Gasteiger partial charge in [-0.25, -0.2) is 0 Å². The first-order chi connectivity index (χ1) is 11.4. The normalized spacial score (nSPS) is 29.7. The lowest BCUT2D eigenvalue weighted by atomic mass is 10.0. The van der Waals surface area contributed by atoms with E-state index in [1.54, 1.807) is 12.1 Å². The molecule has 0 bridgehead atoms. The van der Waals surface area contributed by atoms with Crippen molar-refractivity contribution in [3.05, 3.63) is 29.8 Å². The van der Waals surface area contributed by atoms with E-state index in [1.807, 2.05) is 12.1 Å². The van der Waals surface area contributed by atoms with Crippen molar-refractivity contribution < 1.29 is 13.5 Å². The summed E-state index contributed by atoms with van der Waals surface area (Å²) in [4.78, 5) is 4.80. The lowest BCUT2D eigenvalue weighted by Gasteiger charge is -2.27. The Bertz CT molecular complexity index is 521. The van der Waals surface area contributed by atoms with Crippen molar-refractivity contribution in [1.29, 1.82) is 0 Å². The van der Waals surface area contributed by atoms with Crippen LogP contribution in [0.1, 0.15) is 31.2 Å². The summed E-state index contributed by atoms with van der Waals surface area (Å²) in [6.45, 7) is -1.90. The van der Waals surface area contributed by atoms with E-state index in [9.17, 15) is 8.78 Å². The van der Waals surface area contributed by atoms with Gasteiger partial charge in [0.25, 0.3) is 0 Å². The zero-order chi connectivity index (χ0) is 17.3. The van der Waals surface area contributed by atoms with Crippen LogP contribution in [0.4, 0.5) is 8.78 Å². The molecule has 2 aliphatic rings. The number of ether oxygens (including phenoxy) is 1. The third-order valence-corrected chi connectivity index (χ3v) is 5.90. The molecule has 2 aliphatic carbocycles. The molecular weight excluding hydrogens is 310 g/mol. The second-order valence-electron chi connectivity index (χ2n) is 7.67. The van der Waals surface area contributed by atoms with Gasteiger partial charge in [-0.15, -0.1) is 0 Å². The highest BCUT2D eigenvalue weighted by Gasteiger charge is 2.43. The molecule has 0 aliphatic heterocycles. The summed E-state index contributed by atoms with van der Waals surface area (Å²) in [6, 6.07) is 8.41. The molecule has 0 spiro atoms. The van der Waals surface area contributed by atoms with Gasteiger partial charge in [0.1, 0.15) is 5.75 Å². The highest BCUT2D eigenvalue weighted by Crippen LogP contribution is 2.46. The summed E-state index contributed by atoms with van der Waals surface area (Å²) in [5.74, 6) is 1.96. The molecule has 4 atom stereocenters. The minimum atomic E-state index is -2.76. The predicted octanol–water partition coefficient (Wildman–Crippen LogP) is 3.84. The molecule has 0 aromatic heterocycles. The number of fused-ring (bicyclic) bond motifs is 1. The first-order valence-electron chi connectivity index (χ1n) is 8.82. The monoisotopic (exact) mass is 338 g/mol. The molecule has 0 N–H and O–H groups in total. The number of rotatable bonds is 6. The summed E-state index contributed by atoms with van der Waals surface area (Å²) in [7, 11) is 6.56. The van der Waals surface area contributed by atoms with E-state index in [4.69, 9.17) is 0 Å². The molecule has 0 amide bonds. The predicted molar refractivity (Wildman–Crippen MR) is 91.3 cm³/mol. The topological polar surface area (TPSA) is 15.7 Å². The number of halogens is 2. The standard InChI is InChI=1S/C19H28F2N2O/c1-22(2)16-8-14-10-17(11-15(14)9-16)23(3)12-13-4-6-18(7-5-13)24-19(20)21/h4-7,14-17,19H,8-12H2,1-3H3/t14-,15+,16?,17?. The van der Waals surface area contributed by atoms with E-state index < -0.39 is 6.61 Å². The van der Waals surface area contributed by atoms with Gasteiger partial charge in [0.2, 0.25) is 0 Å². The highest BCUT2D eigenvalue weighted by atomic mass is 19.3. The molecule has 0 radical (unpaired) electrons. The van der Waals surface area contributed by atoms with Gasteiger partial charge in [0.15, 0.2) is 0 Å². The van der Waals surface area contributed by atoms with Crippen LogP contribution in [0.15, 0.2) is 24.3 Å². The van der Waals surface area contributed by atoms with E-state index in [-0.39, 0.29) is 5.75 Å². The number of nitrogens with zero attached hydrogens (tertiary/aromatic N) is 2. The molecule has 2 fully saturated rings. The van der Waals surface area contributed by atoms with E-state index in [0.29, 0.717) is 6.04 Å². The maximum Gasteiger partial charge on any atom is 0.387 e. The number of hydrogen-bond donors (Lipinski definition) is 0. The fraction of sp³-hybridized carbons (Fsp3) is 0.684. The van der Waals surface area contributed by atoms with Gasteiger partial charge in [-0.1, -0.05) is 12.1 Å². The Kier molecular flexibility index (Phi) is 5.40. The summed E-state index contributed by atoms with van der Waals surface area (Å²) in [5, 5.41) is 0. The van der Waals surface area contributed by atoms with E-state index in [2.05, 4.69) is 35.7 Å². The molecule has 1 aromatic carbocycles. The molecule has 0 heterocycles.